The third-order valence-corrected chi connectivity index (χ3v) is 4.45. The predicted molar refractivity (Wildman–Crippen MR) is 92.8 cm³/mol. The molecule has 2 heterocycles. The van der Waals surface area contributed by atoms with E-state index in [0.717, 1.165) is 30.1 Å². The van der Waals surface area contributed by atoms with Gasteiger partial charge in [-0.15, -0.1) is 5.10 Å². The lowest BCUT2D eigenvalue weighted by Gasteiger charge is -2.16. The number of carbonyl (C=O) groups is 2. The normalized spacial score (nSPS) is 17.1. The fraction of sp³-hybridized carbons (Fsp3) is 0.375. The summed E-state index contributed by atoms with van der Waals surface area (Å²) in [6.45, 7) is 3.32. The van der Waals surface area contributed by atoms with Crippen LogP contribution in [0.5, 0.6) is 0 Å². The Bertz CT molecular complexity index is 718. The number of benzene rings is 1. The highest BCUT2D eigenvalue weighted by molar-refractivity contribution is 7.10. The lowest BCUT2D eigenvalue weighted by Crippen LogP contribution is -2.39. The molecule has 1 aromatic heterocycles. The number of nitrogens with zero attached hydrogens (tertiary/aromatic N) is 3. The van der Waals surface area contributed by atoms with Gasteiger partial charge in [-0.25, -0.2) is 4.79 Å². The van der Waals surface area contributed by atoms with Crippen LogP contribution in [0.1, 0.15) is 19.8 Å². The lowest BCUT2D eigenvalue weighted by molar-refractivity contribution is -0.127. The Labute approximate surface area is 144 Å². The van der Waals surface area contributed by atoms with Gasteiger partial charge in [0.1, 0.15) is 10.7 Å². The van der Waals surface area contributed by atoms with Gasteiger partial charge in [-0.3, -0.25) is 10.1 Å². The molecule has 1 fully saturated rings. The number of amides is 3. The van der Waals surface area contributed by atoms with Crippen molar-refractivity contribution in [3.8, 4) is 11.3 Å². The zero-order valence-corrected chi connectivity index (χ0v) is 14.2. The van der Waals surface area contributed by atoms with Gasteiger partial charge in [-0.2, -0.15) is 0 Å². The maximum absolute atomic E-state index is 12.2. The third-order valence-electron chi connectivity index (χ3n) is 3.81. The second kappa shape index (κ2) is 7.39. The molecule has 0 bridgehead atoms. The van der Waals surface area contributed by atoms with Crippen LogP contribution in [0.4, 0.5) is 9.80 Å². The summed E-state index contributed by atoms with van der Waals surface area (Å²) in [4.78, 5) is 25.9. The van der Waals surface area contributed by atoms with Crippen molar-refractivity contribution >= 4 is 28.5 Å². The van der Waals surface area contributed by atoms with Crippen LogP contribution in [0.3, 0.4) is 0 Å². The Balaban J connectivity index is 1.61. The van der Waals surface area contributed by atoms with Gasteiger partial charge in [0, 0.05) is 36.6 Å². The standard InChI is InChI=1S/C16H19N5O2S/c1-2-8-21-10-12(9-13(21)22)17-16(23)18-15-14(19-20-24-15)11-6-4-3-5-7-11/h3-7,12H,2,8-10H2,1H3,(H2,17,18,23)/t12-/m0/s1. The summed E-state index contributed by atoms with van der Waals surface area (Å²) in [5.41, 5.74) is 1.54. The van der Waals surface area contributed by atoms with E-state index in [0.29, 0.717) is 23.7 Å². The van der Waals surface area contributed by atoms with Gasteiger partial charge < -0.3 is 10.2 Å². The van der Waals surface area contributed by atoms with Crippen LogP contribution >= 0.6 is 11.5 Å². The number of rotatable bonds is 5. The van der Waals surface area contributed by atoms with E-state index in [4.69, 9.17) is 0 Å². The fourth-order valence-corrected chi connectivity index (χ4v) is 3.32. The molecule has 8 heteroatoms. The van der Waals surface area contributed by atoms with Crippen LogP contribution < -0.4 is 10.6 Å². The lowest BCUT2D eigenvalue weighted by atomic mass is 10.2. The van der Waals surface area contributed by atoms with Crippen molar-refractivity contribution in [3.63, 3.8) is 0 Å². The average Bonchev–Trinajstić information content (AvgIpc) is 3.15. The summed E-state index contributed by atoms with van der Waals surface area (Å²) in [7, 11) is 0. The highest BCUT2D eigenvalue weighted by Gasteiger charge is 2.30. The van der Waals surface area contributed by atoms with Gasteiger partial charge in [0.25, 0.3) is 0 Å². The SMILES string of the molecule is CCCN1C[C@@H](NC(=O)Nc2snnc2-c2ccccc2)CC1=O. The monoisotopic (exact) mass is 345 g/mol. The van der Waals surface area contributed by atoms with Crippen molar-refractivity contribution in [2.24, 2.45) is 0 Å². The van der Waals surface area contributed by atoms with E-state index in [1.54, 1.807) is 4.90 Å². The molecule has 3 amide bonds. The summed E-state index contributed by atoms with van der Waals surface area (Å²) >= 11 is 1.13. The van der Waals surface area contributed by atoms with Crippen LogP contribution in [-0.2, 0) is 4.79 Å². The number of likely N-dealkylation sites (tertiary alicyclic amines) is 1. The summed E-state index contributed by atoms with van der Waals surface area (Å²) in [5, 5.41) is 10.3. The summed E-state index contributed by atoms with van der Waals surface area (Å²) in [6, 6.07) is 9.06. The first kappa shape index (κ1) is 16.4. The quantitative estimate of drug-likeness (QED) is 0.871. The van der Waals surface area contributed by atoms with Gasteiger partial charge in [0.05, 0.1) is 6.04 Å². The van der Waals surface area contributed by atoms with E-state index in [1.165, 1.54) is 0 Å². The zero-order valence-electron chi connectivity index (χ0n) is 13.4. The number of hydrogen-bond acceptors (Lipinski definition) is 5. The molecular weight excluding hydrogens is 326 g/mol. The summed E-state index contributed by atoms with van der Waals surface area (Å²) in [6.07, 6.45) is 1.26. The van der Waals surface area contributed by atoms with Crippen LogP contribution in [-0.4, -0.2) is 45.6 Å². The number of hydrogen-bond donors (Lipinski definition) is 2. The molecule has 0 aliphatic carbocycles. The molecule has 2 aromatic rings. The van der Waals surface area contributed by atoms with Gasteiger partial charge in [-0.1, -0.05) is 41.7 Å². The van der Waals surface area contributed by atoms with Crippen molar-refractivity contribution in [1.29, 1.82) is 0 Å². The molecule has 126 valence electrons. The second-order valence-electron chi connectivity index (χ2n) is 5.66. The molecule has 3 rings (SSSR count). The molecule has 1 aliphatic heterocycles. The number of anilines is 1. The first-order valence-electron chi connectivity index (χ1n) is 7.90. The largest absolute Gasteiger partial charge is 0.341 e. The Morgan fingerprint density at radius 1 is 1.38 bits per heavy atom. The molecule has 24 heavy (non-hydrogen) atoms. The first-order valence-corrected chi connectivity index (χ1v) is 8.67. The maximum atomic E-state index is 12.2. The maximum Gasteiger partial charge on any atom is 0.320 e. The topological polar surface area (TPSA) is 87.2 Å². The van der Waals surface area contributed by atoms with Gasteiger partial charge in [0.2, 0.25) is 5.91 Å². The van der Waals surface area contributed by atoms with E-state index in [2.05, 4.69) is 20.2 Å². The zero-order chi connectivity index (χ0) is 16.9. The number of urea groups is 1. The molecule has 1 aromatic carbocycles. The second-order valence-corrected chi connectivity index (χ2v) is 6.41. The summed E-state index contributed by atoms with van der Waals surface area (Å²) in [5.74, 6) is 0.0894. The average molecular weight is 345 g/mol. The van der Waals surface area contributed by atoms with Crippen molar-refractivity contribution in [1.82, 2.24) is 19.8 Å². The van der Waals surface area contributed by atoms with E-state index in [9.17, 15) is 9.59 Å². The Morgan fingerprint density at radius 2 is 2.17 bits per heavy atom. The minimum Gasteiger partial charge on any atom is -0.341 e. The molecule has 0 saturated carbocycles. The van der Waals surface area contributed by atoms with E-state index >= 15 is 0 Å². The van der Waals surface area contributed by atoms with Crippen molar-refractivity contribution in [2.75, 3.05) is 18.4 Å². The molecular formula is C16H19N5O2S. The molecule has 0 unspecified atom stereocenters. The van der Waals surface area contributed by atoms with E-state index in [-0.39, 0.29) is 18.0 Å². The molecule has 1 saturated heterocycles. The molecule has 0 spiro atoms. The van der Waals surface area contributed by atoms with E-state index in [1.807, 2.05) is 37.3 Å². The van der Waals surface area contributed by atoms with Gasteiger partial charge in [0.15, 0.2) is 0 Å². The molecule has 1 aliphatic rings. The minimum atomic E-state index is -0.339. The van der Waals surface area contributed by atoms with Crippen LogP contribution in [0.25, 0.3) is 11.3 Å². The fourth-order valence-electron chi connectivity index (χ4n) is 2.74. The molecule has 0 radical (unpaired) electrons. The highest BCUT2D eigenvalue weighted by Crippen LogP contribution is 2.28. The van der Waals surface area contributed by atoms with Crippen molar-refractivity contribution < 1.29 is 9.59 Å². The number of nitrogens with one attached hydrogen (secondary N) is 2. The molecule has 1 atom stereocenters. The van der Waals surface area contributed by atoms with Crippen LogP contribution in [0, 0.1) is 0 Å². The first-order chi connectivity index (χ1) is 11.7. The number of aromatic nitrogens is 2. The Kier molecular flexibility index (Phi) is 5.05. The van der Waals surface area contributed by atoms with E-state index < -0.39 is 0 Å². The van der Waals surface area contributed by atoms with Crippen LogP contribution in [0.2, 0.25) is 0 Å². The van der Waals surface area contributed by atoms with Gasteiger partial charge >= 0.3 is 6.03 Å². The Hall–Kier alpha value is -2.48. The molecule has 7 nitrogen and oxygen atoms in total. The predicted octanol–water partition coefficient (Wildman–Crippen LogP) is 2.34. The summed E-state index contributed by atoms with van der Waals surface area (Å²) < 4.78 is 3.92. The molecule has 2 N–H and O–H groups in total. The highest BCUT2D eigenvalue weighted by atomic mass is 32.1. The Morgan fingerprint density at radius 3 is 2.92 bits per heavy atom. The van der Waals surface area contributed by atoms with Crippen LogP contribution in [0.15, 0.2) is 30.3 Å². The van der Waals surface area contributed by atoms with Crippen molar-refractivity contribution in [3.05, 3.63) is 30.3 Å². The van der Waals surface area contributed by atoms with Gasteiger partial charge in [-0.05, 0) is 6.42 Å². The van der Waals surface area contributed by atoms with Crippen molar-refractivity contribution in [2.45, 2.75) is 25.8 Å². The number of carbonyl (C=O) groups excluding carboxylic acids is 2. The third kappa shape index (κ3) is 3.70. The smallest absolute Gasteiger partial charge is 0.320 e. The minimum absolute atomic E-state index is 0.0894.